The minimum absolute atomic E-state index is 0.905. The summed E-state index contributed by atoms with van der Waals surface area (Å²) in [6, 6.07) is 10.9. The van der Waals surface area contributed by atoms with Crippen molar-refractivity contribution in [3.05, 3.63) is 65.1 Å². The molecule has 0 bridgehead atoms. The van der Waals surface area contributed by atoms with Crippen molar-refractivity contribution in [1.82, 2.24) is 9.55 Å². The maximum absolute atomic E-state index is 4.08. The number of benzene rings is 1. The van der Waals surface area contributed by atoms with E-state index in [0.29, 0.717) is 0 Å². The highest BCUT2D eigenvalue weighted by molar-refractivity contribution is 5.87. The van der Waals surface area contributed by atoms with Crippen LogP contribution in [0.25, 0.3) is 10.9 Å². The van der Waals surface area contributed by atoms with Crippen LogP contribution >= 0.6 is 0 Å². The lowest BCUT2D eigenvalue weighted by molar-refractivity contribution is 0.801. The first-order chi connectivity index (χ1) is 9.16. The van der Waals surface area contributed by atoms with Gasteiger partial charge in [-0.25, -0.2) is 0 Å². The summed E-state index contributed by atoms with van der Waals surface area (Å²) in [6.07, 6.45) is 3.71. The summed E-state index contributed by atoms with van der Waals surface area (Å²) in [7, 11) is 0. The Bertz CT molecular complexity index is 724. The first kappa shape index (κ1) is 12.0. The second-order valence-electron chi connectivity index (χ2n) is 5.19. The van der Waals surface area contributed by atoms with Crippen LogP contribution in [0.4, 0.5) is 0 Å². The first-order valence-electron chi connectivity index (χ1n) is 6.62. The van der Waals surface area contributed by atoms with Gasteiger partial charge in [0.2, 0.25) is 0 Å². The van der Waals surface area contributed by atoms with Crippen LogP contribution < -0.4 is 0 Å². The van der Waals surface area contributed by atoms with E-state index in [1.807, 2.05) is 12.4 Å². The minimum atomic E-state index is 0.905. The van der Waals surface area contributed by atoms with E-state index >= 15 is 0 Å². The Morgan fingerprint density at radius 3 is 2.37 bits per heavy atom. The molecule has 0 unspecified atom stereocenters. The monoisotopic (exact) mass is 250 g/mol. The summed E-state index contributed by atoms with van der Waals surface area (Å²) >= 11 is 0. The predicted molar refractivity (Wildman–Crippen MR) is 79.5 cm³/mol. The van der Waals surface area contributed by atoms with Crippen LogP contribution in [0.3, 0.4) is 0 Å². The Hall–Kier alpha value is -2.09. The molecule has 1 aromatic carbocycles. The van der Waals surface area contributed by atoms with Crippen LogP contribution in [0.5, 0.6) is 0 Å². The van der Waals surface area contributed by atoms with Crippen molar-refractivity contribution in [1.29, 1.82) is 0 Å². The SMILES string of the molecule is Cc1ccc(C)c2c1cc(C)n2Cc1ccncc1. The van der Waals surface area contributed by atoms with Crippen molar-refractivity contribution in [2.24, 2.45) is 0 Å². The molecule has 0 atom stereocenters. The van der Waals surface area contributed by atoms with Crippen molar-refractivity contribution in [2.45, 2.75) is 27.3 Å². The third-order valence-corrected chi connectivity index (χ3v) is 3.78. The van der Waals surface area contributed by atoms with E-state index < -0.39 is 0 Å². The molecule has 2 aromatic heterocycles. The molecule has 0 amide bonds. The second kappa shape index (κ2) is 4.54. The Kier molecular flexibility index (Phi) is 2.86. The molecule has 0 saturated heterocycles. The maximum atomic E-state index is 4.08. The van der Waals surface area contributed by atoms with Crippen LogP contribution in [0.2, 0.25) is 0 Å². The van der Waals surface area contributed by atoms with Crippen LogP contribution in [0.1, 0.15) is 22.4 Å². The number of nitrogens with zero attached hydrogens (tertiary/aromatic N) is 2. The Labute approximate surface area is 113 Å². The summed E-state index contributed by atoms with van der Waals surface area (Å²) in [6.45, 7) is 7.45. The minimum Gasteiger partial charge on any atom is -0.340 e. The van der Waals surface area contributed by atoms with E-state index in [9.17, 15) is 0 Å². The molecular formula is C17H18N2. The fraction of sp³-hybridized carbons (Fsp3) is 0.235. The third kappa shape index (κ3) is 2.03. The van der Waals surface area contributed by atoms with Gasteiger partial charge in [0.1, 0.15) is 0 Å². The zero-order valence-electron chi connectivity index (χ0n) is 11.6. The van der Waals surface area contributed by atoms with Crippen LogP contribution in [0.15, 0.2) is 42.7 Å². The van der Waals surface area contributed by atoms with Gasteiger partial charge in [-0.2, -0.15) is 0 Å². The number of fused-ring (bicyclic) bond motifs is 1. The molecule has 0 N–H and O–H groups in total. The van der Waals surface area contributed by atoms with Gasteiger partial charge in [-0.15, -0.1) is 0 Å². The van der Waals surface area contributed by atoms with E-state index in [1.54, 1.807) is 0 Å². The van der Waals surface area contributed by atoms with Crippen LogP contribution in [-0.2, 0) is 6.54 Å². The molecule has 0 aliphatic rings. The molecular weight excluding hydrogens is 232 g/mol. The average molecular weight is 250 g/mol. The van der Waals surface area contributed by atoms with Gasteiger partial charge in [0, 0.05) is 30.0 Å². The number of hydrogen-bond donors (Lipinski definition) is 0. The largest absolute Gasteiger partial charge is 0.340 e. The summed E-state index contributed by atoms with van der Waals surface area (Å²) in [5, 5.41) is 1.37. The maximum Gasteiger partial charge on any atom is 0.0517 e. The molecule has 2 nitrogen and oxygen atoms in total. The molecule has 19 heavy (non-hydrogen) atoms. The van der Waals surface area contributed by atoms with Crippen LogP contribution in [-0.4, -0.2) is 9.55 Å². The normalized spacial score (nSPS) is 11.1. The molecule has 96 valence electrons. The molecule has 0 aliphatic heterocycles. The Morgan fingerprint density at radius 1 is 0.947 bits per heavy atom. The highest BCUT2D eigenvalue weighted by Gasteiger charge is 2.10. The zero-order valence-corrected chi connectivity index (χ0v) is 11.6. The summed E-state index contributed by atoms with van der Waals surface area (Å²) in [5.74, 6) is 0. The first-order valence-corrected chi connectivity index (χ1v) is 6.62. The van der Waals surface area contributed by atoms with Gasteiger partial charge < -0.3 is 4.57 Å². The standard InChI is InChI=1S/C17H18N2/c1-12-4-5-13(2)17-16(12)10-14(3)19(17)11-15-6-8-18-9-7-15/h4-10H,11H2,1-3H3. The third-order valence-electron chi connectivity index (χ3n) is 3.78. The molecule has 2 heteroatoms. The molecule has 3 rings (SSSR count). The number of rotatable bonds is 2. The van der Waals surface area contributed by atoms with E-state index in [0.717, 1.165) is 6.54 Å². The average Bonchev–Trinajstić information content (AvgIpc) is 2.74. The van der Waals surface area contributed by atoms with E-state index in [1.165, 1.54) is 33.3 Å². The van der Waals surface area contributed by atoms with Gasteiger partial charge in [0.25, 0.3) is 0 Å². The van der Waals surface area contributed by atoms with E-state index in [4.69, 9.17) is 0 Å². The van der Waals surface area contributed by atoms with Crippen molar-refractivity contribution >= 4 is 10.9 Å². The number of pyridine rings is 1. The van der Waals surface area contributed by atoms with Gasteiger partial charge in [-0.1, -0.05) is 12.1 Å². The number of hydrogen-bond acceptors (Lipinski definition) is 1. The van der Waals surface area contributed by atoms with Gasteiger partial charge in [0.15, 0.2) is 0 Å². The zero-order chi connectivity index (χ0) is 13.4. The second-order valence-corrected chi connectivity index (χ2v) is 5.19. The molecule has 2 heterocycles. The quantitative estimate of drug-likeness (QED) is 0.672. The topological polar surface area (TPSA) is 17.8 Å². The summed E-state index contributed by atoms with van der Waals surface area (Å²) in [4.78, 5) is 4.08. The van der Waals surface area contributed by atoms with Gasteiger partial charge in [0.05, 0.1) is 5.52 Å². The summed E-state index contributed by atoms with van der Waals surface area (Å²) in [5.41, 5.74) is 6.63. The Morgan fingerprint density at radius 2 is 1.63 bits per heavy atom. The molecule has 0 spiro atoms. The Balaban J connectivity index is 2.18. The lowest BCUT2D eigenvalue weighted by Gasteiger charge is -2.10. The number of aromatic nitrogens is 2. The lowest BCUT2D eigenvalue weighted by atomic mass is 10.1. The lowest BCUT2D eigenvalue weighted by Crippen LogP contribution is -2.02. The van der Waals surface area contributed by atoms with Gasteiger partial charge in [-0.05, 0) is 55.7 Å². The van der Waals surface area contributed by atoms with E-state index in [2.05, 4.69) is 60.7 Å². The van der Waals surface area contributed by atoms with E-state index in [-0.39, 0.29) is 0 Å². The highest BCUT2D eigenvalue weighted by atomic mass is 15.0. The number of aryl methyl sites for hydroxylation is 3. The molecule has 0 radical (unpaired) electrons. The molecule has 0 fully saturated rings. The van der Waals surface area contributed by atoms with Gasteiger partial charge in [-0.3, -0.25) is 4.98 Å². The van der Waals surface area contributed by atoms with Crippen molar-refractivity contribution in [3.8, 4) is 0 Å². The fourth-order valence-corrected chi connectivity index (χ4v) is 2.70. The van der Waals surface area contributed by atoms with Gasteiger partial charge >= 0.3 is 0 Å². The molecule has 3 aromatic rings. The van der Waals surface area contributed by atoms with Crippen LogP contribution in [0, 0.1) is 20.8 Å². The summed E-state index contributed by atoms with van der Waals surface area (Å²) < 4.78 is 2.40. The fourth-order valence-electron chi connectivity index (χ4n) is 2.70. The smallest absolute Gasteiger partial charge is 0.0517 e. The molecule has 0 aliphatic carbocycles. The predicted octanol–water partition coefficient (Wildman–Crippen LogP) is 4.01. The van der Waals surface area contributed by atoms with Crippen molar-refractivity contribution in [2.75, 3.05) is 0 Å². The molecule has 0 saturated carbocycles. The highest BCUT2D eigenvalue weighted by Crippen LogP contribution is 2.26. The van der Waals surface area contributed by atoms with Crippen molar-refractivity contribution in [3.63, 3.8) is 0 Å². The van der Waals surface area contributed by atoms with Crippen molar-refractivity contribution < 1.29 is 0 Å².